The molecule has 0 spiro atoms. The lowest BCUT2D eigenvalue weighted by Crippen LogP contribution is -2.38. The number of carbonyl (C=O) groups excluding carboxylic acids is 2. The number of hydrogen-bond donors (Lipinski definition) is 0. The smallest absolute Gasteiger partial charge is 0.242 e. The number of rotatable bonds is 3. The van der Waals surface area contributed by atoms with Gasteiger partial charge >= 0.3 is 0 Å². The summed E-state index contributed by atoms with van der Waals surface area (Å²) in [6.45, 7) is 2.68. The highest BCUT2D eigenvalue weighted by Crippen LogP contribution is 2.29. The normalized spacial score (nSPS) is 21.3. The molecular formula is C19H24N4O2. The van der Waals surface area contributed by atoms with Gasteiger partial charge in [0.25, 0.3) is 0 Å². The highest BCUT2D eigenvalue weighted by molar-refractivity contribution is 5.83. The Hall–Kier alpha value is -2.37. The number of para-hydroxylation sites is 2. The van der Waals surface area contributed by atoms with Crippen LogP contribution in [-0.4, -0.2) is 57.8 Å². The molecule has 1 aromatic heterocycles. The zero-order valence-electron chi connectivity index (χ0n) is 14.6. The van der Waals surface area contributed by atoms with Gasteiger partial charge in [0.2, 0.25) is 11.8 Å². The van der Waals surface area contributed by atoms with E-state index in [-0.39, 0.29) is 17.7 Å². The van der Waals surface area contributed by atoms with Gasteiger partial charge in [0.05, 0.1) is 11.0 Å². The van der Waals surface area contributed by atoms with Crippen LogP contribution in [0.1, 0.15) is 37.4 Å². The van der Waals surface area contributed by atoms with Crippen LogP contribution in [0.5, 0.6) is 0 Å². The Morgan fingerprint density at radius 1 is 1.20 bits per heavy atom. The molecule has 2 aromatic rings. The fourth-order valence-electron chi connectivity index (χ4n) is 3.99. The van der Waals surface area contributed by atoms with Gasteiger partial charge in [-0.1, -0.05) is 12.1 Å². The quantitative estimate of drug-likeness (QED) is 0.859. The SMILES string of the molecule is CN1CC(c2nc3ccccc3n2CC(=O)N2CCCCC2)CC1=O. The summed E-state index contributed by atoms with van der Waals surface area (Å²) in [7, 11) is 1.83. The number of piperidine rings is 1. The fourth-order valence-corrected chi connectivity index (χ4v) is 3.99. The maximum Gasteiger partial charge on any atom is 0.242 e. The molecule has 0 radical (unpaired) electrons. The van der Waals surface area contributed by atoms with Crippen molar-refractivity contribution in [3.05, 3.63) is 30.1 Å². The minimum absolute atomic E-state index is 0.0547. The molecule has 1 aromatic carbocycles. The van der Waals surface area contributed by atoms with Gasteiger partial charge in [-0.15, -0.1) is 0 Å². The molecule has 1 unspecified atom stereocenters. The van der Waals surface area contributed by atoms with Crippen LogP contribution in [0, 0.1) is 0 Å². The molecule has 132 valence electrons. The van der Waals surface area contributed by atoms with Crippen LogP contribution >= 0.6 is 0 Å². The van der Waals surface area contributed by atoms with Crippen molar-refractivity contribution in [3.63, 3.8) is 0 Å². The Labute approximate surface area is 147 Å². The Bertz CT molecular complexity index is 807. The average Bonchev–Trinajstić information content (AvgIpc) is 3.16. The van der Waals surface area contributed by atoms with Gasteiger partial charge in [-0.2, -0.15) is 0 Å². The van der Waals surface area contributed by atoms with Crippen molar-refractivity contribution in [2.45, 2.75) is 38.1 Å². The lowest BCUT2D eigenvalue weighted by atomic mass is 10.1. The van der Waals surface area contributed by atoms with Crippen LogP contribution in [0.2, 0.25) is 0 Å². The zero-order chi connectivity index (χ0) is 17.4. The highest BCUT2D eigenvalue weighted by Gasteiger charge is 2.32. The summed E-state index contributed by atoms with van der Waals surface area (Å²) in [5.74, 6) is 1.22. The van der Waals surface area contributed by atoms with Gasteiger partial charge in [-0.25, -0.2) is 4.98 Å². The van der Waals surface area contributed by atoms with E-state index in [9.17, 15) is 9.59 Å². The van der Waals surface area contributed by atoms with Gasteiger partial charge in [-0.05, 0) is 31.4 Å². The van der Waals surface area contributed by atoms with Gasteiger partial charge in [0.15, 0.2) is 0 Å². The van der Waals surface area contributed by atoms with Crippen molar-refractivity contribution < 1.29 is 9.59 Å². The molecule has 0 saturated carbocycles. The van der Waals surface area contributed by atoms with E-state index in [2.05, 4.69) is 0 Å². The molecule has 4 rings (SSSR count). The molecule has 1 atom stereocenters. The Morgan fingerprint density at radius 3 is 2.68 bits per heavy atom. The number of likely N-dealkylation sites (tertiary alicyclic amines) is 2. The van der Waals surface area contributed by atoms with Crippen LogP contribution in [0.25, 0.3) is 11.0 Å². The van der Waals surface area contributed by atoms with E-state index in [1.165, 1.54) is 6.42 Å². The van der Waals surface area contributed by atoms with E-state index in [1.54, 1.807) is 4.90 Å². The van der Waals surface area contributed by atoms with Crippen LogP contribution in [-0.2, 0) is 16.1 Å². The molecule has 6 nitrogen and oxygen atoms in total. The van der Waals surface area contributed by atoms with Gasteiger partial charge < -0.3 is 14.4 Å². The highest BCUT2D eigenvalue weighted by atomic mass is 16.2. The first-order valence-electron chi connectivity index (χ1n) is 9.10. The summed E-state index contributed by atoms with van der Waals surface area (Å²) in [5, 5.41) is 0. The topological polar surface area (TPSA) is 58.4 Å². The van der Waals surface area contributed by atoms with Crippen molar-refractivity contribution in [2.75, 3.05) is 26.7 Å². The first-order chi connectivity index (χ1) is 12.1. The van der Waals surface area contributed by atoms with Crippen LogP contribution in [0.3, 0.4) is 0 Å². The molecule has 25 heavy (non-hydrogen) atoms. The summed E-state index contributed by atoms with van der Waals surface area (Å²) < 4.78 is 2.03. The summed E-state index contributed by atoms with van der Waals surface area (Å²) in [4.78, 5) is 33.3. The summed E-state index contributed by atoms with van der Waals surface area (Å²) in [6.07, 6.45) is 3.85. The molecule has 2 fully saturated rings. The predicted octanol–water partition coefficient (Wildman–Crippen LogP) is 1.99. The van der Waals surface area contributed by atoms with Crippen molar-refractivity contribution >= 4 is 22.8 Å². The van der Waals surface area contributed by atoms with Crippen LogP contribution in [0.4, 0.5) is 0 Å². The maximum atomic E-state index is 12.8. The largest absolute Gasteiger partial charge is 0.345 e. The first kappa shape index (κ1) is 16.1. The van der Waals surface area contributed by atoms with Crippen LogP contribution < -0.4 is 0 Å². The van der Waals surface area contributed by atoms with E-state index >= 15 is 0 Å². The average molecular weight is 340 g/mol. The summed E-state index contributed by atoms with van der Waals surface area (Å²) in [6, 6.07) is 7.92. The van der Waals surface area contributed by atoms with Gasteiger partial charge in [-0.3, -0.25) is 9.59 Å². The van der Waals surface area contributed by atoms with Crippen LogP contribution in [0.15, 0.2) is 24.3 Å². The number of likely N-dealkylation sites (N-methyl/N-ethyl adjacent to an activating group) is 1. The number of hydrogen-bond acceptors (Lipinski definition) is 3. The van der Waals surface area contributed by atoms with E-state index in [0.29, 0.717) is 19.5 Å². The van der Waals surface area contributed by atoms with Crippen molar-refractivity contribution in [3.8, 4) is 0 Å². The third-order valence-electron chi connectivity index (χ3n) is 5.39. The number of imidazole rings is 1. The lowest BCUT2D eigenvalue weighted by molar-refractivity contribution is -0.132. The molecule has 2 saturated heterocycles. The molecule has 2 amide bonds. The lowest BCUT2D eigenvalue weighted by Gasteiger charge is -2.27. The second kappa shape index (κ2) is 6.50. The van der Waals surface area contributed by atoms with Crippen molar-refractivity contribution in [1.29, 1.82) is 0 Å². The van der Waals surface area contributed by atoms with E-state index in [0.717, 1.165) is 42.8 Å². The van der Waals surface area contributed by atoms with E-state index in [1.807, 2.05) is 40.8 Å². The minimum Gasteiger partial charge on any atom is -0.345 e. The van der Waals surface area contributed by atoms with Gasteiger partial charge in [0, 0.05) is 39.0 Å². The Morgan fingerprint density at radius 2 is 1.96 bits per heavy atom. The molecular weight excluding hydrogens is 316 g/mol. The molecule has 0 N–H and O–H groups in total. The molecule has 6 heteroatoms. The Balaban J connectivity index is 1.67. The number of benzene rings is 1. The number of nitrogens with zero attached hydrogens (tertiary/aromatic N) is 4. The summed E-state index contributed by atoms with van der Waals surface area (Å²) in [5.41, 5.74) is 1.87. The first-order valence-corrected chi connectivity index (χ1v) is 9.10. The number of amides is 2. The standard InChI is InChI=1S/C19H24N4O2/c1-21-12-14(11-17(21)24)19-20-15-7-3-4-8-16(15)23(19)13-18(25)22-9-5-2-6-10-22/h3-4,7-8,14H,2,5-6,9-13H2,1H3. The number of aromatic nitrogens is 2. The number of carbonyl (C=O) groups is 2. The minimum atomic E-state index is 0.0547. The maximum absolute atomic E-state index is 12.8. The molecule has 0 aliphatic carbocycles. The van der Waals surface area contributed by atoms with E-state index in [4.69, 9.17) is 4.98 Å². The van der Waals surface area contributed by atoms with Crippen molar-refractivity contribution in [2.24, 2.45) is 0 Å². The zero-order valence-corrected chi connectivity index (χ0v) is 14.6. The third-order valence-corrected chi connectivity index (χ3v) is 5.39. The molecule has 0 bridgehead atoms. The fraction of sp³-hybridized carbons (Fsp3) is 0.526. The molecule has 2 aliphatic rings. The molecule has 3 heterocycles. The monoisotopic (exact) mass is 340 g/mol. The van der Waals surface area contributed by atoms with Gasteiger partial charge in [0.1, 0.15) is 12.4 Å². The van der Waals surface area contributed by atoms with Crippen molar-refractivity contribution in [1.82, 2.24) is 19.4 Å². The van der Waals surface area contributed by atoms with E-state index < -0.39 is 0 Å². The second-order valence-corrected chi connectivity index (χ2v) is 7.16. The summed E-state index contributed by atoms with van der Waals surface area (Å²) >= 11 is 0. The molecule has 2 aliphatic heterocycles. The third kappa shape index (κ3) is 3.01. The predicted molar refractivity (Wildman–Crippen MR) is 95.2 cm³/mol. The Kier molecular flexibility index (Phi) is 4.19. The number of fused-ring (bicyclic) bond motifs is 1. The second-order valence-electron chi connectivity index (χ2n) is 7.16.